The Morgan fingerprint density at radius 3 is 2.56 bits per heavy atom. The second-order valence-corrected chi connectivity index (χ2v) is 5.53. The molecule has 0 bridgehead atoms. The summed E-state index contributed by atoms with van der Waals surface area (Å²) in [5.74, 6) is 0. The predicted molar refractivity (Wildman–Crippen MR) is 89.8 cm³/mol. The highest BCUT2D eigenvalue weighted by Gasteiger charge is 2.15. The van der Waals surface area contributed by atoms with Crippen LogP contribution in [0.5, 0.6) is 0 Å². The number of nitrogens with one attached hydrogen (secondary N) is 3. The molecule has 0 saturated heterocycles. The van der Waals surface area contributed by atoms with Crippen LogP contribution in [0.4, 0.5) is 0 Å². The lowest BCUT2D eigenvalue weighted by Crippen LogP contribution is -2.26. The van der Waals surface area contributed by atoms with Crippen molar-refractivity contribution in [1.82, 2.24) is 19.9 Å². The third-order valence-electron chi connectivity index (χ3n) is 3.75. The molecule has 3 N–H and O–H groups in total. The molecule has 4 rings (SSSR count). The first-order chi connectivity index (χ1) is 11.9. The van der Waals surface area contributed by atoms with Gasteiger partial charge in [-0.2, -0.15) is 0 Å². The summed E-state index contributed by atoms with van der Waals surface area (Å²) in [5, 5.41) is 0.503. The molecule has 9 nitrogen and oxygen atoms in total. The Labute approximate surface area is 137 Å². The molecule has 0 aliphatic rings. The van der Waals surface area contributed by atoms with E-state index in [1.807, 2.05) is 11.9 Å². The molecule has 0 saturated carbocycles. The van der Waals surface area contributed by atoms with Gasteiger partial charge in [0.25, 0.3) is 11.1 Å². The smallest absolute Gasteiger partial charge is 0.336 e. The van der Waals surface area contributed by atoms with Crippen molar-refractivity contribution in [3.05, 3.63) is 71.4 Å². The number of aryl methyl sites for hydroxylation is 1. The molecule has 0 aliphatic carbocycles. The van der Waals surface area contributed by atoms with Crippen LogP contribution in [0.15, 0.2) is 47.9 Å². The van der Waals surface area contributed by atoms with Crippen molar-refractivity contribution in [3.63, 3.8) is 0 Å². The summed E-state index contributed by atoms with van der Waals surface area (Å²) in [5.41, 5.74) is -1.75. The van der Waals surface area contributed by atoms with Crippen LogP contribution in [0.2, 0.25) is 0 Å². The summed E-state index contributed by atoms with van der Waals surface area (Å²) in [6, 6.07) is 6.30. The maximum atomic E-state index is 12.4. The molecule has 0 fully saturated rings. The van der Waals surface area contributed by atoms with E-state index in [0.29, 0.717) is 11.0 Å². The van der Waals surface area contributed by atoms with Gasteiger partial charge in [0.05, 0.1) is 0 Å². The molecule has 0 amide bonds. The van der Waals surface area contributed by atoms with E-state index in [1.165, 1.54) is 0 Å². The van der Waals surface area contributed by atoms with Crippen molar-refractivity contribution >= 4 is 22.1 Å². The van der Waals surface area contributed by atoms with Gasteiger partial charge in [-0.25, -0.2) is 14.6 Å². The standard InChI is InChI=1S/C16H10N4O5/c1-6-2-3-7-8(5-10(21)25-9(7)4-6)11-14(22)18-13-12(17-11)15(23)20-16(24)19-13/h2-5H,1H3,(H3,18,19,20,22,23,24). The molecule has 0 aliphatic heterocycles. The first-order valence-electron chi connectivity index (χ1n) is 7.24. The zero-order valence-corrected chi connectivity index (χ0v) is 12.8. The molecular weight excluding hydrogens is 328 g/mol. The molecule has 3 aromatic heterocycles. The first-order valence-corrected chi connectivity index (χ1v) is 7.24. The van der Waals surface area contributed by atoms with Gasteiger partial charge in [-0.15, -0.1) is 0 Å². The van der Waals surface area contributed by atoms with E-state index in [9.17, 15) is 19.2 Å². The third kappa shape index (κ3) is 2.38. The van der Waals surface area contributed by atoms with E-state index in [4.69, 9.17) is 4.42 Å². The van der Waals surface area contributed by atoms with E-state index in [-0.39, 0.29) is 22.4 Å². The van der Waals surface area contributed by atoms with Crippen molar-refractivity contribution in [3.8, 4) is 11.3 Å². The van der Waals surface area contributed by atoms with E-state index >= 15 is 0 Å². The minimum absolute atomic E-state index is 0.0920. The van der Waals surface area contributed by atoms with E-state index in [2.05, 4.69) is 15.0 Å². The minimum atomic E-state index is -0.760. The van der Waals surface area contributed by atoms with Crippen molar-refractivity contribution in [2.75, 3.05) is 0 Å². The summed E-state index contributed by atoms with van der Waals surface area (Å²) < 4.78 is 5.16. The maximum absolute atomic E-state index is 12.4. The molecular formula is C16H10N4O5. The quantitative estimate of drug-likeness (QED) is 0.428. The third-order valence-corrected chi connectivity index (χ3v) is 3.75. The second kappa shape index (κ2) is 5.13. The number of hydrogen-bond acceptors (Lipinski definition) is 6. The van der Waals surface area contributed by atoms with E-state index in [1.54, 1.807) is 18.2 Å². The second-order valence-electron chi connectivity index (χ2n) is 5.53. The molecule has 0 unspecified atom stereocenters. The number of benzene rings is 1. The van der Waals surface area contributed by atoms with Gasteiger partial charge in [-0.05, 0) is 18.6 Å². The van der Waals surface area contributed by atoms with Crippen LogP contribution in [-0.4, -0.2) is 19.9 Å². The molecule has 3 heterocycles. The van der Waals surface area contributed by atoms with Crippen molar-refractivity contribution in [1.29, 1.82) is 0 Å². The Morgan fingerprint density at radius 2 is 1.76 bits per heavy atom. The average molecular weight is 338 g/mol. The van der Waals surface area contributed by atoms with Gasteiger partial charge in [-0.1, -0.05) is 12.1 Å². The van der Waals surface area contributed by atoms with E-state index < -0.39 is 22.4 Å². The number of rotatable bonds is 1. The van der Waals surface area contributed by atoms with Crippen molar-refractivity contribution < 1.29 is 4.42 Å². The number of aromatic amines is 3. The fourth-order valence-electron chi connectivity index (χ4n) is 2.66. The summed E-state index contributed by atoms with van der Waals surface area (Å²) >= 11 is 0. The highest BCUT2D eigenvalue weighted by Crippen LogP contribution is 2.24. The SMILES string of the molecule is Cc1ccc2c(-c3nc4c(=O)[nH]c(=O)[nH]c4[nH]c3=O)cc(=O)oc2c1. The number of aromatic nitrogens is 4. The largest absolute Gasteiger partial charge is 0.423 e. The first kappa shape index (κ1) is 14.8. The van der Waals surface area contributed by atoms with Gasteiger partial charge in [0.15, 0.2) is 5.52 Å². The van der Waals surface area contributed by atoms with Crippen LogP contribution in [0, 0.1) is 6.92 Å². The summed E-state index contributed by atoms with van der Waals surface area (Å²) in [7, 11) is 0. The van der Waals surface area contributed by atoms with Crippen LogP contribution in [-0.2, 0) is 0 Å². The highest BCUT2D eigenvalue weighted by atomic mass is 16.4. The maximum Gasteiger partial charge on any atom is 0.336 e. The predicted octanol–water partition coefficient (Wildman–Crippen LogP) is 0.382. The Balaban J connectivity index is 2.15. The molecule has 0 atom stereocenters. The van der Waals surface area contributed by atoms with Crippen LogP contribution >= 0.6 is 0 Å². The number of hydrogen-bond donors (Lipinski definition) is 3. The summed E-state index contributed by atoms with van der Waals surface area (Å²) in [4.78, 5) is 58.3. The van der Waals surface area contributed by atoms with Gasteiger partial charge in [0, 0.05) is 17.0 Å². The van der Waals surface area contributed by atoms with Crippen molar-refractivity contribution in [2.45, 2.75) is 6.92 Å². The molecule has 9 heteroatoms. The topological polar surface area (TPSA) is 142 Å². The number of nitrogens with zero attached hydrogens (tertiary/aromatic N) is 1. The lowest BCUT2D eigenvalue weighted by molar-refractivity contribution is 0.561. The van der Waals surface area contributed by atoms with Crippen LogP contribution in [0.25, 0.3) is 33.4 Å². The van der Waals surface area contributed by atoms with Crippen molar-refractivity contribution in [2.24, 2.45) is 0 Å². The van der Waals surface area contributed by atoms with Gasteiger partial charge >= 0.3 is 11.3 Å². The lowest BCUT2D eigenvalue weighted by Gasteiger charge is -2.06. The normalized spacial score (nSPS) is 11.2. The molecule has 1 aromatic carbocycles. The van der Waals surface area contributed by atoms with E-state index in [0.717, 1.165) is 11.6 Å². The zero-order valence-electron chi connectivity index (χ0n) is 12.8. The Bertz CT molecular complexity index is 1390. The average Bonchev–Trinajstić information content (AvgIpc) is 2.52. The van der Waals surface area contributed by atoms with Crippen LogP contribution in [0.3, 0.4) is 0 Å². The molecule has 25 heavy (non-hydrogen) atoms. The fraction of sp³-hybridized carbons (Fsp3) is 0.0625. The summed E-state index contributed by atoms with van der Waals surface area (Å²) in [6.45, 7) is 1.84. The molecule has 0 spiro atoms. The molecule has 4 aromatic rings. The molecule has 0 radical (unpaired) electrons. The van der Waals surface area contributed by atoms with Gasteiger partial charge in [0.1, 0.15) is 16.9 Å². The van der Waals surface area contributed by atoms with Crippen LogP contribution in [0.1, 0.15) is 5.56 Å². The number of H-pyrrole nitrogens is 3. The molecule has 124 valence electrons. The van der Waals surface area contributed by atoms with Crippen LogP contribution < -0.4 is 22.4 Å². The zero-order chi connectivity index (χ0) is 17.7. The lowest BCUT2D eigenvalue weighted by atomic mass is 10.1. The minimum Gasteiger partial charge on any atom is -0.423 e. The Hall–Kier alpha value is -3.75. The highest BCUT2D eigenvalue weighted by molar-refractivity contribution is 5.93. The number of fused-ring (bicyclic) bond motifs is 2. The Kier molecular flexibility index (Phi) is 3.04. The van der Waals surface area contributed by atoms with Gasteiger partial charge < -0.3 is 9.40 Å². The van der Waals surface area contributed by atoms with Gasteiger partial charge in [0.2, 0.25) is 0 Å². The Morgan fingerprint density at radius 1 is 0.960 bits per heavy atom. The summed E-state index contributed by atoms with van der Waals surface area (Å²) in [6.07, 6.45) is 0. The fourth-order valence-corrected chi connectivity index (χ4v) is 2.66. The van der Waals surface area contributed by atoms with Gasteiger partial charge in [-0.3, -0.25) is 19.6 Å². The monoisotopic (exact) mass is 338 g/mol.